The predicted molar refractivity (Wildman–Crippen MR) is 77.5 cm³/mol. The number of halogens is 1. The molecule has 0 bridgehead atoms. The molecule has 18 heavy (non-hydrogen) atoms. The fourth-order valence-corrected chi connectivity index (χ4v) is 2.38. The second-order valence-corrected chi connectivity index (χ2v) is 5.40. The molecule has 0 saturated heterocycles. The first-order valence-corrected chi connectivity index (χ1v) is 6.60. The smallest absolute Gasteiger partial charge is 0.335 e. The van der Waals surface area contributed by atoms with Crippen molar-refractivity contribution in [3.8, 4) is 0 Å². The van der Waals surface area contributed by atoms with E-state index in [0.717, 1.165) is 29.7 Å². The van der Waals surface area contributed by atoms with E-state index in [1.807, 2.05) is 13.1 Å². The number of aromatic carboxylic acids is 1. The van der Waals surface area contributed by atoms with Crippen LogP contribution in [0.5, 0.6) is 0 Å². The van der Waals surface area contributed by atoms with E-state index in [9.17, 15) is 4.79 Å². The molecule has 0 saturated carbocycles. The van der Waals surface area contributed by atoms with Crippen LogP contribution in [0.25, 0.3) is 0 Å². The lowest BCUT2D eigenvalue weighted by molar-refractivity contribution is 0.0697. The fraction of sp³-hybridized carbons (Fsp3) is 0.462. The van der Waals surface area contributed by atoms with Crippen molar-refractivity contribution in [3.05, 3.63) is 28.2 Å². The molecule has 0 heterocycles. The number of anilines is 1. The van der Waals surface area contributed by atoms with E-state index in [2.05, 4.69) is 39.8 Å². The normalized spacial score (nSPS) is 10.7. The van der Waals surface area contributed by atoms with Gasteiger partial charge in [0.15, 0.2) is 0 Å². The molecule has 100 valence electrons. The van der Waals surface area contributed by atoms with Gasteiger partial charge in [-0.2, -0.15) is 0 Å². The minimum atomic E-state index is -0.905. The summed E-state index contributed by atoms with van der Waals surface area (Å²) in [6, 6.07) is 5.11. The number of hydrogen-bond donors (Lipinski definition) is 1. The molecule has 1 aromatic carbocycles. The Kier molecular flexibility index (Phi) is 5.62. The third-order valence-electron chi connectivity index (χ3n) is 2.70. The average molecular weight is 315 g/mol. The summed E-state index contributed by atoms with van der Waals surface area (Å²) in [5, 5.41) is 8.90. The first-order chi connectivity index (χ1) is 8.41. The highest BCUT2D eigenvalue weighted by Crippen LogP contribution is 2.26. The highest BCUT2D eigenvalue weighted by Gasteiger charge is 2.09. The number of nitrogens with zero attached hydrogens (tertiary/aromatic N) is 2. The number of hydrogen-bond acceptors (Lipinski definition) is 3. The Morgan fingerprint density at radius 1 is 1.28 bits per heavy atom. The maximum Gasteiger partial charge on any atom is 0.335 e. The Morgan fingerprint density at radius 2 is 1.94 bits per heavy atom. The minimum Gasteiger partial charge on any atom is -0.478 e. The van der Waals surface area contributed by atoms with E-state index in [4.69, 9.17) is 5.11 Å². The van der Waals surface area contributed by atoms with Crippen LogP contribution in [0.2, 0.25) is 0 Å². The van der Waals surface area contributed by atoms with Gasteiger partial charge in [0.05, 0.1) is 11.3 Å². The summed E-state index contributed by atoms with van der Waals surface area (Å²) in [5.74, 6) is -0.905. The Balaban J connectivity index is 2.68. The third kappa shape index (κ3) is 4.31. The molecule has 0 aliphatic heterocycles. The molecule has 5 heteroatoms. The number of carbonyl (C=O) groups is 1. The lowest BCUT2D eigenvalue weighted by Crippen LogP contribution is -2.23. The molecule has 1 rings (SSSR count). The first-order valence-electron chi connectivity index (χ1n) is 5.80. The monoisotopic (exact) mass is 314 g/mol. The quantitative estimate of drug-likeness (QED) is 0.876. The zero-order chi connectivity index (χ0) is 13.7. The molecule has 0 unspecified atom stereocenters. The summed E-state index contributed by atoms with van der Waals surface area (Å²) in [6.07, 6.45) is 1.07. The molecule has 0 aliphatic carbocycles. The lowest BCUT2D eigenvalue weighted by Gasteiger charge is -2.22. The van der Waals surface area contributed by atoms with Crippen LogP contribution in [0.15, 0.2) is 22.7 Å². The third-order valence-corrected chi connectivity index (χ3v) is 3.34. The highest BCUT2D eigenvalue weighted by atomic mass is 79.9. The van der Waals surface area contributed by atoms with Gasteiger partial charge in [-0.05, 0) is 61.2 Å². The van der Waals surface area contributed by atoms with Gasteiger partial charge in [0, 0.05) is 18.1 Å². The van der Waals surface area contributed by atoms with Crippen LogP contribution >= 0.6 is 15.9 Å². The summed E-state index contributed by atoms with van der Waals surface area (Å²) in [4.78, 5) is 15.1. The number of rotatable bonds is 6. The Morgan fingerprint density at radius 3 is 2.44 bits per heavy atom. The van der Waals surface area contributed by atoms with Gasteiger partial charge < -0.3 is 14.9 Å². The molecular weight excluding hydrogens is 296 g/mol. The van der Waals surface area contributed by atoms with Gasteiger partial charge in [-0.3, -0.25) is 0 Å². The van der Waals surface area contributed by atoms with Gasteiger partial charge in [0.2, 0.25) is 0 Å². The van der Waals surface area contributed by atoms with E-state index in [1.165, 1.54) is 0 Å². The predicted octanol–water partition coefficient (Wildman–Crippen LogP) is 2.54. The summed E-state index contributed by atoms with van der Waals surface area (Å²) in [5.41, 5.74) is 1.31. The number of benzene rings is 1. The van der Waals surface area contributed by atoms with E-state index in [0.29, 0.717) is 5.56 Å². The highest BCUT2D eigenvalue weighted by molar-refractivity contribution is 9.10. The Labute approximate surface area is 116 Å². The van der Waals surface area contributed by atoms with Gasteiger partial charge in [-0.15, -0.1) is 0 Å². The van der Waals surface area contributed by atoms with Gasteiger partial charge >= 0.3 is 5.97 Å². The van der Waals surface area contributed by atoms with Crippen LogP contribution < -0.4 is 4.90 Å². The molecule has 1 N–H and O–H groups in total. The fourth-order valence-electron chi connectivity index (χ4n) is 1.69. The van der Waals surface area contributed by atoms with Gasteiger partial charge in [0.1, 0.15) is 0 Å². The van der Waals surface area contributed by atoms with Crippen molar-refractivity contribution in [1.29, 1.82) is 0 Å². The Bertz CT molecular complexity index is 421. The summed E-state index contributed by atoms with van der Waals surface area (Å²) < 4.78 is 0.815. The molecule has 0 amide bonds. The number of carboxylic acids is 1. The standard InChI is InChI=1S/C13H19BrN2O2/c1-15(2)7-4-8-16(3)12-6-5-10(13(17)18)9-11(12)14/h5-6,9H,4,7-8H2,1-3H3,(H,17,18). The van der Waals surface area contributed by atoms with E-state index in [-0.39, 0.29) is 0 Å². The van der Waals surface area contributed by atoms with Gasteiger partial charge in [-0.1, -0.05) is 0 Å². The van der Waals surface area contributed by atoms with Gasteiger partial charge in [0.25, 0.3) is 0 Å². The topological polar surface area (TPSA) is 43.8 Å². The van der Waals surface area contributed by atoms with E-state index in [1.54, 1.807) is 12.1 Å². The van der Waals surface area contributed by atoms with Crippen molar-refractivity contribution >= 4 is 27.6 Å². The van der Waals surface area contributed by atoms with Crippen LogP contribution in [0, 0.1) is 0 Å². The van der Waals surface area contributed by atoms with Crippen LogP contribution in [-0.4, -0.2) is 50.2 Å². The van der Waals surface area contributed by atoms with Crippen LogP contribution in [-0.2, 0) is 0 Å². The molecule has 0 fully saturated rings. The summed E-state index contributed by atoms with van der Waals surface area (Å²) in [6.45, 7) is 1.97. The summed E-state index contributed by atoms with van der Waals surface area (Å²) >= 11 is 3.42. The zero-order valence-corrected chi connectivity index (χ0v) is 12.6. The van der Waals surface area contributed by atoms with Crippen molar-refractivity contribution in [2.24, 2.45) is 0 Å². The van der Waals surface area contributed by atoms with E-state index < -0.39 is 5.97 Å². The zero-order valence-electron chi connectivity index (χ0n) is 11.0. The first kappa shape index (κ1) is 15.0. The lowest BCUT2D eigenvalue weighted by atomic mass is 10.2. The molecule has 0 radical (unpaired) electrons. The van der Waals surface area contributed by atoms with Crippen molar-refractivity contribution in [3.63, 3.8) is 0 Å². The molecule has 0 aromatic heterocycles. The molecule has 0 atom stereocenters. The van der Waals surface area contributed by atoms with Gasteiger partial charge in [-0.25, -0.2) is 4.79 Å². The largest absolute Gasteiger partial charge is 0.478 e. The minimum absolute atomic E-state index is 0.298. The molecule has 0 spiro atoms. The van der Waals surface area contributed by atoms with Crippen LogP contribution in [0.3, 0.4) is 0 Å². The van der Waals surface area contributed by atoms with Crippen molar-refractivity contribution in [2.45, 2.75) is 6.42 Å². The average Bonchev–Trinajstić information content (AvgIpc) is 2.27. The maximum absolute atomic E-state index is 10.8. The Hall–Kier alpha value is -1.07. The van der Waals surface area contributed by atoms with Crippen LogP contribution in [0.1, 0.15) is 16.8 Å². The second-order valence-electron chi connectivity index (χ2n) is 4.55. The molecule has 0 aliphatic rings. The van der Waals surface area contributed by atoms with E-state index >= 15 is 0 Å². The van der Waals surface area contributed by atoms with Crippen molar-refractivity contribution in [1.82, 2.24) is 4.90 Å². The summed E-state index contributed by atoms with van der Waals surface area (Å²) in [7, 11) is 6.12. The van der Waals surface area contributed by atoms with Crippen LogP contribution in [0.4, 0.5) is 5.69 Å². The molecule has 1 aromatic rings. The molecular formula is C13H19BrN2O2. The molecule has 4 nitrogen and oxygen atoms in total. The SMILES string of the molecule is CN(C)CCCN(C)c1ccc(C(=O)O)cc1Br. The van der Waals surface area contributed by atoms with Crippen molar-refractivity contribution < 1.29 is 9.90 Å². The van der Waals surface area contributed by atoms with Crippen molar-refractivity contribution in [2.75, 3.05) is 39.1 Å². The second kappa shape index (κ2) is 6.75. The number of carboxylic acid groups (broad SMARTS) is 1. The maximum atomic E-state index is 10.8.